The molecule has 0 saturated carbocycles. The molecule has 2 rings (SSSR count). The van der Waals surface area contributed by atoms with Gasteiger partial charge in [-0.3, -0.25) is 0 Å². The molecule has 0 aromatic rings. The smallest absolute Gasteiger partial charge is 0.249 e. The number of allylic oxidation sites excluding steroid dienone is 1. The van der Waals surface area contributed by atoms with Gasteiger partial charge in [0.25, 0.3) is 0 Å². The Hall–Kier alpha value is 0.0700. The molecule has 0 bridgehead atoms. The monoisotopic (exact) mass is 270 g/mol. The predicted octanol–water partition coefficient (Wildman–Crippen LogP) is 2.92. The number of hydrogen-bond acceptors (Lipinski definition) is 3. The molecule has 1 heterocycles. The standard InChI is InChI=1S/C9H9Cl3O3/c1-2-13-6-5(10)7(11)9(8(6)12)14-3-4-15-9/h2-4H2,1H3. The Morgan fingerprint density at radius 1 is 1.20 bits per heavy atom. The maximum atomic E-state index is 6.10. The second-order valence-corrected chi connectivity index (χ2v) is 4.15. The maximum absolute atomic E-state index is 6.10. The van der Waals surface area contributed by atoms with Gasteiger partial charge in [0.05, 0.1) is 19.8 Å². The van der Waals surface area contributed by atoms with Crippen LogP contribution in [-0.4, -0.2) is 25.6 Å². The number of rotatable bonds is 2. The van der Waals surface area contributed by atoms with E-state index in [2.05, 4.69) is 0 Å². The Labute approximate surface area is 103 Å². The fourth-order valence-electron chi connectivity index (χ4n) is 1.52. The molecule has 0 aromatic carbocycles. The van der Waals surface area contributed by atoms with Crippen LogP contribution in [0, 0.1) is 0 Å². The van der Waals surface area contributed by atoms with Gasteiger partial charge in [-0.15, -0.1) is 0 Å². The molecule has 84 valence electrons. The highest BCUT2D eigenvalue weighted by atomic mass is 35.5. The van der Waals surface area contributed by atoms with Crippen molar-refractivity contribution in [2.45, 2.75) is 12.7 Å². The van der Waals surface area contributed by atoms with Crippen LogP contribution < -0.4 is 0 Å². The highest BCUT2D eigenvalue weighted by Gasteiger charge is 2.52. The van der Waals surface area contributed by atoms with E-state index >= 15 is 0 Å². The largest absolute Gasteiger partial charge is 0.491 e. The van der Waals surface area contributed by atoms with Crippen LogP contribution in [0.15, 0.2) is 20.9 Å². The second kappa shape index (κ2) is 4.15. The lowest BCUT2D eigenvalue weighted by atomic mass is 10.3. The zero-order valence-electron chi connectivity index (χ0n) is 7.98. The van der Waals surface area contributed by atoms with E-state index in [-0.39, 0.29) is 15.1 Å². The summed E-state index contributed by atoms with van der Waals surface area (Å²) >= 11 is 18.1. The summed E-state index contributed by atoms with van der Waals surface area (Å²) in [6, 6.07) is 0. The van der Waals surface area contributed by atoms with Gasteiger partial charge < -0.3 is 14.2 Å². The van der Waals surface area contributed by atoms with Gasteiger partial charge in [-0.05, 0) is 6.92 Å². The third kappa shape index (κ3) is 1.58. The Balaban J connectivity index is 2.43. The van der Waals surface area contributed by atoms with E-state index in [4.69, 9.17) is 49.0 Å². The van der Waals surface area contributed by atoms with Crippen LogP contribution in [0.4, 0.5) is 0 Å². The quantitative estimate of drug-likeness (QED) is 0.773. The first-order valence-corrected chi connectivity index (χ1v) is 5.64. The molecule has 0 N–H and O–H groups in total. The third-order valence-electron chi connectivity index (χ3n) is 2.15. The van der Waals surface area contributed by atoms with Crippen molar-refractivity contribution < 1.29 is 14.2 Å². The Kier molecular flexibility index (Phi) is 3.20. The van der Waals surface area contributed by atoms with Crippen LogP contribution in [0.1, 0.15) is 6.92 Å². The topological polar surface area (TPSA) is 27.7 Å². The van der Waals surface area contributed by atoms with Crippen LogP contribution in [0.5, 0.6) is 0 Å². The van der Waals surface area contributed by atoms with Gasteiger partial charge in [0.15, 0.2) is 5.76 Å². The molecule has 6 heteroatoms. The number of halogens is 3. The van der Waals surface area contributed by atoms with Crippen LogP contribution >= 0.6 is 34.8 Å². The summed E-state index contributed by atoms with van der Waals surface area (Å²) in [5, 5.41) is 0.748. The fourth-order valence-corrected chi connectivity index (χ4v) is 2.54. The van der Waals surface area contributed by atoms with Crippen molar-refractivity contribution in [3.63, 3.8) is 0 Å². The van der Waals surface area contributed by atoms with Crippen LogP contribution in [-0.2, 0) is 14.2 Å². The van der Waals surface area contributed by atoms with Gasteiger partial charge in [0, 0.05) is 0 Å². The molecular formula is C9H9Cl3O3. The van der Waals surface area contributed by atoms with E-state index in [1.54, 1.807) is 0 Å². The molecule has 3 nitrogen and oxygen atoms in total. The minimum atomic E-state index is -1.22. The van der Waals surface area contributed by atoms with E-state index in [1.807, 2.05) is 6.92 Å². The summed E-state index contributed by atoms with van der Waals surface area (Å²) in [5.41, 5.74) is 0. The average molecular weight is 272 g/mol. The molecule has 1 fully saturated rings. The second-order valence-electron chi connectivity index (χ2n) is 3.02. The lowest BCUT2D eigenvalue weighted by molar-refractivity contribution is -0.0814. The molecule has 1 aliphatic heterocycles. The molecule has 0 aromatic heterocycles. The summed E-state index contributed by atoms with van der Waals surface area (Å²) in [6.07, 6.45) is 0. The Bertz CT molecular complexity index is 343. The summed E-state index contributed by atoms with van der Waals surface area (Å²) in [5.74, 6) is -0.877. The van der Waals surface area contributed by atoms with E-state index in [0.717, 1.165) is 0 Å². The van der Waals surface area contributed by atoms with Gasteiger partial charge in [-0.1, -0.05) is 34.8 Å². The molecule has 15 heavy (non-hydrogen) atoms. The molecule has 1 aliphatic carbocycles. The average Bonchev–Trinajstić information content (AvgIpc) is 2.77. The summed E-state index contributed by atoms with van der Waals surface area (Å²) < 4.78 is 16.1. The molecule has 2 aliphatic rings. The van der Waals surface area contributed by atoms with Gasteiger partial charge in [-0.2, -0.15) is 0 Å². The van der Waals surface area contributed by atoms with Crippen molar-refractivity contribution in [2.75, 3.05) is 19.8 Å². The van der Waals surface area contributed by atoms with Crippen LogP contribution in [0.3, 0.4) is 0 Å². The SMILES string of the molecule is CCOC1=C(Cl)C2(OCCO2)C(Cl)=C1Cl. The highest BCUT2D eigenvalue weighted by molar-refractivity contribution is 6.45. The Morgan fingerprint density at radius 3 is 2.33 bits per heavy atom. The minimum Gasteiger partial charge on any atom is -0.491 e. The van der Waals surface area contributed by atoms with Gasteiger partial charge in [0.2, 0.25) is 5.79 Å². The zero-order chi connectivity index (χ0) is 11.1. The number of ether oxygens (including phenoxy) is 3. The normalized spacial score (nSPS) is 24.5. The van der Waals surface area contributed by atoms with Crippen molar-refractivity contribution in [1.29, 1.82) is 0 Å². The molecule has 0 unspecified atom stereocenters. The summed E-state index contributed by atoms with van der Waals surface area (Å²) in [7, 11) is 0. The first-order valence-electron chi connectivity index (χ1n) is 4.50. The van der Waals surface area contributed by atoms with Gasteiger partial charge in [0.1, 0.15) is 15.1 Å². The van der Waals surface area contributed by atoms with E-state index in [0.29, 0.717) is 25.6 Å². The van der Waals surface area contributed by atoms with Gasteiger partial charge in [-0.25, -0.2) is 0 Å². The first kappa shape index (κ1) is 11.6. The molecule has 0 radical (unpaired) electrons. The first-order chi connectivity index (χ1) is 7.13. The van der Waals surface area contributed by atoms with Crippen molar-refractivity contribution in [3.8, 4) is 0 Å². The fraction of sp³-hybridized carbons (Fsp3) is 0.556. The molecule has 1 spiro atoms. The summed E-state index contributed by atoms with van der Waals surface area (Å²) in [6.45, 7) is 3.13. The molecule has 0 atom stereocenters. The lowest BCUT2D eigenvalue weighted by Gasteiger charge is -2.21. The van der Waals surface area contributed by atoms with Gasteiger partial charge >= 0.3 is 0 Å². The van der Waals surface area contributed by atoms with Crippen molar-refractivity contribution >= 4 is 34.8 Å². The predicted molar refractivity (Wildman–Crippen MR) is 57.9 cm³/mol. The third-order valence-corrected chi connectivity index (χ3v) is 3.47. The maximum Gasteiger partial charge on any atom is 0.249 e. The lowest BCUT2D eigenvalue weighted by Crippen LogP contribution is -2.29. The molecule has 0 amide bonds. The summed E-state index contributed by atoms with van der Waals surface area (Å²) in [4.78, 5) is 0. The molecular weight excluding hydrogens is 262 g/mol. The van der Waals surface area contributed by atoms with Crippen molar-refractivity contribution in [1.82, 2.24) is 0 Å². The Morgan fingerprint density at radius 2 is 1.80 bits per heavy atom. The van der Waals surface area contributed by atoms with E-state index in [1.165, 1.54) is 0 Å². The zero-order valence-corrected chi connectivity index (χ0v) is 10.2. The number of hydrogen-bond donors (Lipinski definition) is 0. The van der Waals surface area contributed by atoms with Crippen molar-refractivity contribution in [2.24, 2.45) is 0 Å². The molecule has 1 saturated heterocycles. The van der Waals surface area contributed by atoms with E-state index < -0.39 is 5.79 Å². The minimum absolute atomic E-state index is 0.232. The highest BCUT2D eigenvalue weighted by Crippen LogP contribution is 2.50. The van der Waals surface area contributed by atoms with Crippen molar-refractivity contribution in [3.05, 3.63) is 20.9 Å². The van der Waals surface area contributed by atoms with Crippen LogP contribution in [0.25, 0.3) is 0 Å². The van der Waals surface area contributed by atoms with Crippen LogP contribution in [0.2, 0.25) is 0 Å². The van der Waals surface area contributed by atoms with E-state index in [9.17, 15) is 0 Å².